The fraction of sp³-hybridized carbons (Fsp3) is 0.688. The number of aliphatic hydroxyl groups excluding tert-OH is 1. The van der Waals surface area contributed by atoms with Gasteiger partial charge in [-0.15, -0.1) is 24.0 Å². The molecular weight excluding hydrogens is 409 g/mol. The Labute approximate surface area is 155 Å². The molecule has 1 unspecified atom stereocenters. The highest BCUT2D eigenvalue weighted by molar-refractivity contribution is 14.0. The van der Waals surface area contributed by atoms with Crippen molar-refractivity contribution in [3.05, 3.63) is 24.2 Å². The predicted octanol–water partition coefficient (Wildman–Crippen LogP) is 2.40. The molecule has 2 N–H and O–H groups in total. The average molecular weight is 437 g/mol. The van der Waals surface area contributed by atoms with E-state index in [4.69, 9.17) is 9.15 Å². The van der Waals surface area contributed by atoms with Crippen molar-refractivity contribution in [3.63, 3.8) is 0 Å². The Morgan fingerprint density at radius 1 is 1.48 bits per heavy atom. The van der Waals surface area contributed by atoms with Crippen molar-refractivity contribution in [2.24, 2.45) is 4.99 Å². The fourth-order valence-electron chi connectivity index (χ4n) is 2.64. The Morgan fingerprint density at radius 2 is 2.22 bits per heavy atom. The van der Waals surface area contributed by atoms with Gasteiger partial charge in [0.1, 0.15) is 11.9 Å². The van der Waals surface area contributed by atoms with Crippen LogP contribution in [-0.4, -0.2) is 54.9 Å². The Morgan fingerprint density at radius 3 is 2.78 bits per heavy atom. The topological polar surface area (TPSA) is 70.2 Å². The first-order chi connectivity index (χ1) is 10.7. The van der Waals surface area contributed by atoms with Gasteiger partial charge in [-0.1, -0.05) is 0 Å². The molecule has 0 aromatic carbocycles. The van der Waals surface area contributed by atoms with Crippen LogP contribution in [0.4, 0.5) is 0 Å². The van der Waals surface area contributed by atoms with E-state index in [0.29, 0.717) is 18.4 Å². The Balaban J connectivity index is 0.00000264. The molecule has 23 heavy (non-hydrogen) atoms. The summed E-state index contributed by atoms with van der Waals surface area (Å²) in [6.45, 7) is 7.80. The van der Waals surface area contributed by atoms with E-state index in [1.54, 1.807) is 18.4 Å². The van der Waals surface area contributed by atoms with Crippen LogP contribution in [0.1, 0.15) is 38.6 Å². The molecule has 1 aliphatic rings. The zero-order valence-corrected chi connectivity index (χ0v) is 16.2. The summed E-state index contributed by atoms with van der Waals surface area (Å²) in [7, 11) is 0. The number of furan rings is 1. The number of guanidine groups is 1. The van der Waals surface area contributed by atoms with Gasteiger partial charge in [0.15, 0.2) is 5.96 Å². The minimum atomic E-state index is -0.704. The van der Waals surface area contributed by atoms with E-state index >= 15 is 0 Å². The van der Waals surface area contributed by atoms with E-state index in [-0.39, 0.29) is 24.0 Å². The van der Waals surface area contributed by atoms with E-state index in [2.05, 4.69) is 15.2 Å². The summed E-state index contributed by atoms with van der Waals surface area (Å²) < 4.78 is 10.9. The number of halogens is 1. The van der Waals surface area contributed by atoms with E-state index in [0.717, 1.165) is 45.0 Å². The molecule has 1 aromatic heterocycles. The maximum Gasteiger partial charge on any atom is 0.194 e. The molecule has 2 heterocycles. The predicted molar refractivity (Wildman–Crippen MR) is 101 cm³/mol. The Bertz CT molecular complexity index is 445. The minimum absolute atomic E-state index is 0. The van der Waals surface area contributed by atoms with Crippen LogP contribution in [0.25, 0.3) is 0 Å². The minimum Gasteiger partial charge on any atom is -0.467 e. The largest absolute Gasteiger partial charge is 0.467 e. The van der Waals surface area contributed by atoms with Crippen molar-refractivity contribution in [2.75, 3.05) is 32.8 Å². The maximum atomic E-state index is 10.1. The summed E-state index contributed by atoms with van der Waals surface area (Å²) in [5.74, 6) is 1.40. The van der Waals surface area contributed by atoms with Gasteiger partial charge in [0.05, 0.1) is 18.9 Å². The number of likely N-dealkylation sites (tertiary alicyclic amines) is 1. The first-order valence-corrected chi connectivity index (χ1v) is 8.10. The molecule has 0 saturated carbocycles. The monoisotopic (exact) mass is 437 g/mol. The molecule has 1 saturated heterocycles. The first-order valence-electron chi connectivity index (χ1n) is 8.10. The smallest absolute Gasteiger partial charge is 0.194 e. The Hall–Kier alpha value is -0.800. The zero-order chi connectivity index (χ0) is 15.8. The Kier molecular flexibility index (Phi) is 9.57. The van der Waals surface area contributed by atoms with Crippen molar-refractivity contribution in [2.45, 2.75) is 38.9 Å². The maximum absolute atomic E-state index is 10.1. The third kappa shape index (κ3) is 6.31. The number of rotatable bonds is 6. The van der Waals surface area contributed by atoms with Crippen LogP contribution in [0.2, 0.25) is 0 Å². The standard InChI is InChI=1S/C16H27N3O3.HI/c1-3-17-16(18-12-14(20)15-6-5-11-22-15)19-9-7-13(8-10-19)21-4-2;/h5-6,11,13-14,20H,3-4,7-10,12H2,1-2H3,(H,17,18);1H. The molecule has 1 fully saturated rings. The summed E-state index contributed by atoms with van der Waals surface area (Å²) in [6, 6.07) is 3.53. The first kappa shape index (κ1) is 20.2. The SMILES string of the molecule is CCNC(=NCC(O)c1ccco1)N1CCC(OCC)CC1.I. The number of aliphatic hydroxyl groups is 1. The van der Waals surface area contributed by atoms with Crippen LogP contribution >= 0.6 is 24.0 Å². The van der Waals surface area contributed by atoms with Gasteiger partial charge in [0.25, 0.3) is 0 Å². The lowest BCUT2D eigenvalue weighted by atomic mass is 10.1. The fourth-order valence-corrected chi connectivity index (χ4v) is 2.64. The highest BCUT2D eigenvalue weighted by Crippen LogP contribution is 2.16. The summed E-state index contributed by atoms with van der Waals surface area (Å²) in [5, 5.41) is 13.4. The molecular formula is C16H28IN3O3. The van der Waals surface area contributed by atoms with Gasteiger partial charge in [-0.25, -0.2) is 4.99 Å². The molecule has 6 nitrogen and oxygen atoms in total. The summed E-state index contributed by atoms with van der Waals surface area (Å²) in [6.07, 6.45) is 3.24. The number of aliphatic imine (C=N–C) groups is 1. The quantitative estimate of drug-likeness (QED) is 0.407. The molecule has 0 radical (unpaired) electrons. The zero-order valence-electron chi connectivity index (χ0n) is 13.9. The molecule has 0 bridgehead atoms. The average Bonchev–Trinajstić information content (AvgIpc) is 3.07. The summed E-state index contributed by atoms with van der Waals surface area (Å²) in [4.78, 5) is 6.77. The van der Waals surface area contributed by atoms with Gasteiger partial charge in [0.2, 0.25) is 0 Å². The van der Waals surface area contributed by atoms with Gasteiger partial charge in [0, 0.05) is 26.2 Å². The number of nitrogens with one attached hydrogen (secondary N) is 1. The van der Waals surface area contributed by atoms with Crippen molar-refractivity contribution >= 4 is 29.9 Å². The third-order valence-electron chi connectivity index (χ3n) is 3.76. The van der Waals surface area contributed by atoms with Crippen LogP contribution in [0, 0.1) is 0 Å². The van der Waals surface area contributed by atoms with Crippen LogP contribution < -0.4 is 5.32 Å². The lowest BCUT2D eigenvalue weighted by Crippen LogP contribution is -2.47. The van der Waals surface area contributed by atoms with Crippen molar-refractivity contribution in [3.8, 4) is 0 Å². The van der Waals surface area contributed by atoms with E-state index in [1.807, 2.05) is 13.8 Å². The van der Waals surface area contributed by atoms with Crippen LogP contribution in [0.5, 0.6) is 0 Å². The van der Waals surface area contributed by atoms with Gasteiger partial charge in [-0.2, -0.15) is 0 Å². The molecule has 1 aliphatic heterocycles. The van der Waals surface area contributed by atoms with E-state index < -0.39 is 6.10 Å². The van der Waals surface area contributed by atoms with Crippen LogP contribution in [0.3, 0.4) is 0 Å². The van der Waals surface area contributed by atoms with Crippen LogP contribution in [0.15, 0.2) is 27.8 Å². The summed E-state index contributed by atoms with van der Waals surface area (Å²) >= 11 is 0. The normalized spacial score (nSPS) is 17.7. The molecule has 0 spiro atoms. The highest BCUT2D eigenvalue weighted by atomic mass is 127. The molecule has 1 atom stereocenters. The number of piperidine rings is 1. The molecule has 0 aliphatic carbocycles. The molecule has 1 aromatic rings. The second-order valence-corrected chi connectivity index (χ2v) is 5.37. The van der Waals surface area contributed by atoms with Crippen molar-refractivity contribution < 1.29 is 14.3 Å². The third-order valence-corrected chi connectivity index (χ3v) is 3.76. The number of hydrogen-bond donors (Lipinski definition) is 2. The van der Waals surface area contributed by atoms with Gasteiger partial charge < -0.3 is 24.5 Å². The number of ether oxygens (including phenoxy) is 1. The lowest BCUT2D eigenvalue weighted by Gasteiger charge is -2.34. The van der Waals surface area contributed by atoms with E-state index in [9.17, 15) is 5.11 Å². The molecule has 0 amide bonds. The van der Waals surface area contributed by atoms with Crippen molar-refractivity contribution in [1.82, 2.24) is 10.2 Å². The second-order valence-electron chi connectivity index (χ2n) is 5.37. The summed E-state index contributed by atoms with van der Waals surface area (Å²) in [5.41, 5.74) is 0. The van der Waals surface area contributed by atoms with Crippen LogP contribution in [-0.2, 0) is 4.74 Å². The molecule has 2 rings (SSSR count). The number of hydrogen-bond acceptors (Lipinski definition) is 4. The van der Waals surface area contributed by atoms with E-state index in [1.165, 1.54) is 0 Å². The number of nitrogens with zero attached hydrogens (tertiary/aromatic N) is 2. The molecule has 7 heteroatoms. The lowest BCUT2D eigenvalue weighted by molar-refractivity contribution is 0.0263. The van der Waals surface area contributed by atoms with Crippen molar-refractivity contribution in [1.29, 1.82) is 0 Å². The second kappa shape index (κ2) is 10.9. The highest BCUT2D eigenvalue weighted by Gasteiger charge is 2.22. The van der Waals surface area contributed by atoms with Gasteiger partial charge in [-0.3, -0.25) is 0 Å². The van der Waals surface area contributed by atoms with Gasteiger partial charge >= 0.3 is 0 Å². The van der Waals surface area contributed by atoms with Gasteiger partial charge in [-0.05, 0) is 38.8 Å². The molecule has 132 valence electrons.